The molecule has 1 heterocycles. The molecule has 0 radical (unpaired) electrons. The van der Waals surface area contributed by atoms with E-state index in [1.807, 2.05) is 0 Å². The summed E-state index contributed by atoms with van der Waals surface area (Å²) >= 11 is 0. The van der Waals surface area contributed by atoms with E-state index >= 15 is 0 Å². The summed E-state index contributed by atoms with van der Waals surface area (Å²) in [6, 6.07) is 0. The van der Waals surface area contributed by atoms with Gasteiger partial charge in [-0.3, -0.25) is 4.79 Å². The quantitative estimate of drug-likeness (QED) is 0.766. The number of hydrogen-bond donors (Lipinski definition) is 2. The van der Waals surface area contributed by atoms with Crippen LogP contribution < -0.4 is 0 Å². The number of carboxylic acids is 1. The highest BCUT2D eigenvalue weighted by atomic mass is 16.5. The van der Waals surface area contributed by atoms with Crippen molar-refractivity contribution >= 4 is 11.8 Å². The van der Waals surface area contributed by atoms with Gasteiger partial charge in [0.15, 0.2) is 5.78 Å². The van der Waals surface area contributed by atoms with Gasteiger partial charge in [-0.05, 0) is 18.6 Å². The number of hydrogen-bond acceptors (Lipinski definition) is 4. The van der Waals surface area contributed by atoms with Crippen molar-refractivity contribution in [3.05, 3.63) is 59.9 Å². The normalized spacial score (nSPS) is 26.2. The van der Waals surface area contributed by atoms with Gasteiger partial charge in [-0.1, -0.05) is 30.9 Å². The lowest BCUT2D eigenvalue weighted by molar-refractivity contribution is -0.133. The van der Waals surface area contributed by atoms with Gasteiger partial charge in [-0.25, -0.2) is 4.79 Å². The molecule has 3 atom stereocenters. The van der Waals surface area contributed by atoms with Gasteiger partial charge in [0.2, 0.25) is 0 Å². The van der Waals surface area contributed by atoms with Gasteiger partial charge in [-0.15, -0.1) is 0 Å². The number of aliphatic hydroxyl groups is 1. The second kappa shape index (κ2) is 5.93. The van der Waals surface area contributed by atoms with Gasteiger partial charge in [0.25, 0.3) is 0 Å². The third-order valence-corrected chi connectivity index (χ3v) is 3.53. The molecule has 0 aromatic carbocycles. The highest BCUT2D eigenvalue weighted by Crippen LogP contribution is 2.30. The molecule has 2 N–H and O–H groups in total. The lowest BCUT2D eigenvalue weighted by atomic mass is 9.83. The van der Waals surface area contributed by atoms with Crippen LogP contribution >= 0.6 is 0 Å². The van der Waals surface area contributed by atoms with Gasteiger partial charge in [-0.2, -0.15) is 0 Å². The van der Waals surface area contributed by atoms with Gasteiger partial charge >= 0.3 is 5.97 Å². The first kappa shape index (κ1) is 15.0. The molecule has 0 saturated carbocycles. The van der Waals surface area contributed by atoms with Crippen molar-refractivity contribution in [3.63, 3.8) is 0 Å². The topological polar surface area (TPSA) is 83.8 Å². The fraction of sp³-hybridized carbons (Fsp3) is 0.250. The van der Waals surface area contributed by atoms with Crippen molar-refractivity contribution in [3.8, 4) is 0 Å². The molecule has 1 aliphatic carbocycles. The Morgan fingerprint density at radius 3 is 2.81 bits per heavy atom. The first-order valence-corrected chi connectivity index (χ1v) is 6.49. The third kappa shape index (κ3) is 2.73. The number of ether oxygens (including phenoxy) is 1. The number of carbonyl (C=O) groups is 2. The predicted molar refractivity (Wildman–Crippen MR) is 76.3 cm³/mol. The molecule has 5 nitrogen and oxygen atoms in total. The Kier molecular flexibility index (Phi) is 4.23. The summed E-state index contributed by atoms with van der Waals surface area (Å²) in [5.41, 5.74) is 0.600. The average Bonchev–Trinajstić information content (AvgIpc) is 2.47. The lowest BCUT2D eigenvalue weighted by Crippen LogP contribution is -2.34. The highest BCUT2D eigenvalue weighted by Gasteiger charge is 2.35. The molecular formula is C16H16O5. The average molecular weight is 288 g/mol. The van der Waals surface area contributed by atoms with Crippen LogP contribution in [0.25, 0.3) is 0 Å². The number of carboxylic acid groups (broad SMARTS) is 1. The first-order chi connectivity index (χ1) is 9.99. The van der Waals surface area contributed by atoms with Crippen LogP contribution in [0.2, 0.25) is 0 Å². The van der Waals surface area contributed by atoms with E-state index in [-0.39, 0.29) is 11.4 Å². The van der Waals surface area contributed by atoms with E-state index in [4.69, 9.17) is 9.84 Å². The molecule has 1 aliphatic heterocycles. The van der Waals surface area contributed by atoms with E-state index in [0.717, 1.165) is 0 Å². The van der Waals surface area contributed by atoms with Crippen molar-refractivity contribution in [2.75, 3.05) is 0 Å². The molecule has 0 amide bonds. The predicted octanol–water partition coefficient (Wildman–Crippen LogP) is 1.53. The van der Waals surface area contributed by atoms with E-state index in [1.165, 1.54) is 25.3 Å². The minimum Gasteiger partial charge on any atom is -0.492 e. The summed E-state index contributed by atoms with van der Waals surface area (Å²) in [4.78, 5) is 23.3. The summed E-state index contributed by atoms with van der Waals surface area (Å²) in [6.07, 6.45) is 7.18. The fourth-order valence-electron chi connectivity index (χ4n) is 2.35. The number of rotatable bonds is 4. The minimum atomic E-state index is -1.28. The van der Waals surface area contributed by atoms with Crippen LogP contribution in [-0.2, 0) is 14.3 Å². The van der Waals surface area contributed by atoms with Crippen LogP contribution in [0.5, 0.6) is 0 Å². The minimum absolute atomic E-state index is 0.131. The molecule has 0 spiro atoms. The van der Waals surface area contributed by atoms with Crippen molar-refractivity contribution in [1.82, 2.24) is 0 Å². The Labute approximate surface area is 122 Å². The second-order valence-electron chi connectivity index (χ2n) is 4.75. The number of fused-ring (bicyclic) bond motifs is 1. The number of carbonyl (C=O) groups excluding carboxylic acids is 1. The van der Waals surface area contributed by atoms with E-state index in [1.54, 1.807) is 18.2 Å². The Bertz CT molecular complexity index is 606. The maximum atomic E-state index is 12.2. The molecule has 2 aliphatic rings. The second-order valence-corrected chi connectivity index (χ2v) is 4.75. The standard InChI is InChI=1S/C16H16O5/c1-3-9-8-21-13-6-5-10(7-12(13)14(9)17)15(18)11(4-2)16(19)20/h3-8,12-13,15,18H,1H2,2H3,(H,19,20)/b11-4+. The molecule has 0 aromatic heterocycles. The Hall–Kier alpha value is -2.40. The lowest BCUT2D eigenvalue weighted by Gasteiger charge is -2.29. The molecule has 5 heteroatoms. The summed E-state index contributed by atoms with van der Waals surface area (Å²) in [5.74, 6) is -1.93. The molecule has 0 saturated heterocycles. The molecule has 3 unspecified atom stereocenters. The number of aliphatic hydroxyl groups excluding tert-OH is 1. The molecule has 0 aromatic rings. The van der Waals surface area contributed by atoms with Crippen molar-refractivity contribution < 1.29 is 24.5 Å². The fourth-order valence-corrected chi connectivity index (χ4v) is 2.35. The van der Waals surface area contributed by atoms with Crippen LogP contribution in [0.3, 0.4) is 0 Å². The zero-order valence-corrected chi connectivity index (χ0v) is 11.5. The molecule has 110 valence electrons. The van der Waals surface area contributed by atoms with Crippen LogP contribution in [0.4, 0.5) is 0 Å². The maximum absolute atomic E-state index is 12.2. The zero-order valence-electron chi connectivity index (χ0n) is 11.5. The summed E-state index contributed by atoms with van der Waals surface area (Å²) in [7, 11) is 0. The molecule has 0 fully saturated rings. The summed E-state index contributed by atoms with van der Waals surface area (Å²) in [6.45, 7) is 5.08. The molecule has 0 bridgehead atoms. The van der Waals surface area contributed by atoms with Gasteiger partial charge in [0, 0.05) is 0 Å². The Morgan fingerprint density at radius 2 is 2.24 bits per heavy atom. The van der Waals surface area contributed by atoms with Crippen LogP contribution in [0, 0.1) is 5.92 Å². The van der Waals surface area contributed by atoms with E-state index in [0.29, 0.717) is 11.1 Å². The van der Waals surface area contributed by atoms with Crippen molar-refractivity contribution in [2.24, 2.45) is 5.92 Å². The maximum Gasteiger partial charge on any atom is 0.334 e. The Morgan fingerprint density at radius 1 is 1.52 bits per heavy atom. The third-order valence-electron chi connectivity index (χ3n) is 3.53. The summed E-state index contributed by atoms with van der Waals surface area (Å²) in [5, 5.41) is 19.2. The smallest absolute Gasteiger partial charge is 0.334 e. The number of allylic oxidation sites excluding steroid dienone is 3. The zero-order chi connectivity index (χ0) is 15.6. The van der Waals surface area contributed by atoms with Gasteiger partial charge < -0.3 is 14.9 Å². The first-order valence-electron chi connectivity index (χ1n) is 6.49. The van der Waals surface area contributed by atoms with Crippen LogP contribution in [0.15, 0.2) is 59.9 Å². The van der Waals surface area contributed by atoms with Crippen LogP contribution in [0.1, 0.15) is 6.92 Å². The van der Waals surface area contributed by atoms with E-state index in [9.17, 15) is 14.7 Å². The SMILES string of the molecule is C=CC1=COC2C=CC(C(O)/C(=C\C)C(=O)O)=CC2C1=O. The van der Waals surface area contributed by atoms with E-state index in [2.05, 4.69) is 6.58 Å². The molecular weight excluding hydrogens is 272 g/mol. The van der Waals surface area contributed by atoms with Crippen LogP contribution in [-0.4, -0.2) is 34.2 Å². The molecule has 2 rings (SSSR count). The largest absolute Gasteiger partial charge is 0.492 e. The van der Waals surface area contributed by atoms with Crippen molar-refractivity contribution in [1.29, 1.82) is 0 Å². The monoisotopic (exact) mass is 288 g/mol. The summed E-state index contributed by atoms with van der Waals surface area (Å²) < 4.78 is 5.42. The van der Waals surface area contributed by atoms with Gasteiger partial charge in [0.05, 0.1) is 23.3 Å². The highest BCUT2D eigenvalue weighted by molar-refractivity contribution is 6.02. The number of ketones is 1. The van der Waals surface area contributed by atoms with E-state index < -0.39 is 24.1 Å². The van der Waals surface area contributed by atoms with Gasteiger partial charge in [0.1, 0.15) is 12.2 Å². The number of aliphatic carboxylic acids is 1. The van der Waals surface area contributed by atoms with Crippen molar-refractivity contribution in [2.45, 2.75) is 19.1 Å². The Balaban J connectivity index is 2.31. The molecule has 21 heavy (non-hydrogen) atoms. The number of Topliss-reactive ketones (excluding diaryl/α,β-unsaturated/α-hetero) is 1.